The predicted molar refractivity (Wildman–Crippen MR) is 86.0 cm³/mol. The summed E-state index contributed by atoms with van der Waals surface area (Å²) in [6, 6.07) is 5.42. The number of hydrogen-bond acceptors (Lipinski definition) is 5. The first-order chi connectivity index (χ1) is 11.4. The van der Waals surface area contributed by atoms with Crippen LogP contribution >= 0.6 is 0 Å². The number of nitrogens with one attached hydrogen (secondary N) is 2. The quantitative estimate of drug-likeness (QED) is 0.843. The van der Waals surface area contributed by atoms with Crippen LogP contribution in [0.2, 0.25) is 0 Å². The van der Waals surface area contributed by atoms with E-state index in [1.807, 2.05) is 0 Å². The number of amides is 4. The smallest absolute Gasteiger partial charge is 0.324 e. The van der Waals surface area contributed by atoms with Gasteiger partial charge in [0, 0.05) is 17.8 Å². The van der Waals surface area contributed by atoms with Crippen LogP contribution < -0.4 is 10.6 Å². The van der Waals surface area contributed by atoms with E-state index in [0.717, 1.165) is 0 Å². The molecule has 8 heteroatoms. The molecule has 1 aromatic heterocycles. The summed E-state index contributed by atoms with van der Waals surface area (Å²) in [5.74, 6) is 0.171. The molecule has 124 valence electrons. The molecule has 2 N–H and O–H groups in total. The van der Waals surface area contributed by atoms with Gasteiger partial charge in [-0.2, -0.15) is 0 Å². The van der Waals surface area contributed by atoms with Gasteiger partial charge in [-0.15, -0.1) is 0 Å². The van der Waals surface area contributed by atoms with Crippen LogP contribution in [-0.4, -0.2) is 33.9 Å². The van der Waals surface area contributed by atoms with Crippen LogP contribution in [0.15, 0.2) is 28.8 Å². The van der Waals surface area contributed by atoms with Crippen molar-refractivity contribution in [2.45, 2.75) is 26.8 Å². The average Bonchev–Trinajstić information content (AvgIpc) is 3.01. The Balaban J connectivity index is 1.77. The van der Waals surface area contributed by atoms with Crippen LogP contribution in [-0.2, 0) is 0 Å². The molecule has 0 radical (unpaired) electrons. The highest BCUT2D eigenvalue weighted by Crippen LogP contribution is 2.27. The van der Waals surface area contributed by atoms with E-state index in [-0.39, 0.29) is 29.2 Å². The zero-order valence-corrected chi connectivity index (χ0v) is 13.4. The van der Waals surface area contributed by atoms with Gasteiger partial charge in [-0.3, -0.25) is 19.8 Å². The number of anilines is 2. The fourth-order valence-electron chi connectivity index (χ4n) is 2.51. The van der Waals surface area contributed by atoms with Crippen LogP contribution in [0.4, 0.5) is 16.3 Å². The molecule has 0 saturated carbocycles. The van der Waals surface area contributed by atoms with E-state index in [0.29, 0.717) is 17.0 Å². The van der Waals surface area contributed by atoms with Crippen molar-refractivity contribution in [3.8, 4) is 0 Å². The molecule has 2 heterocycles. The van der Waals surface area contributed by atoms with Gasteiger partial charge in [0.2, 0.25) is 0 Å². The number of carbonyl (C=O) groups is 3. The van der Waals surface area contributed by atoms with Gasteiger partial charge in [0.25, 0.3) is 11.8 Å². The van der Waals surface area contributed by atoms with Gasteiger partial charge >= 0.3 is 6.03 Å². The minimum atomic E-state index is -0.527. The molecule has 0 spiro atoms. The lowest BCUT2D eigenvalue weighted by Gasteiger charge is -2.17. The zero-order valence-electron chi connectivity index (χ0n) is 13.4. The molecule has 0 fully saturated rings. The number of imide groups is 1. The summed E-state index contributed by atoms with van der Waals surface area (Å²) in [6.45, 7) is 5.25. The maximum atomic E-state index is 12.3. The topological polar surface area (TPSA) is 105 Å². The number of nitrogens with zero attached hydrogens (tertiary/aromatic N) is 2. The van der Waals surface area contributed by atoms with Crippen LogP contribution in [0.25, 0.3) is 0 Å². The molecular formula is C16H16N4O4. The number of rotatable bonds is 3. The Morgan fingerprint density at radius 2 is 1.83 bits per heavy atom. The summed E-state index contributed by atoms with van der Waals surface area (Å²) >= 11 is 0. The zero-order chi connectivity index (χ0) is 17.4. The van der Waals surface area contributed by atoms with Crippen molar-refractivity contribution in [2.24, 2.45) is 0 Å². The maximum absolute atomic E-state index is 12.3. The SMILES string of the molecule is Cc1cc(NC(=O)Nc2ccc3c(c2)C(=O)N(C(C)C)C3=O)no1. The van der Waals surface area contributed by atoms with Gasteiger partial charge < -0.3 is 9.84 Å². The number of aryl methyl sites for hydroxylation is 1. The lowest BCUT2D eigenvalue weighted by atomic mass is 10.1. The molecule has 1 aliphatic heterocycles. The number of urea groups is 1. The average molecular weight is 328 g/mol. The Labute approximate surface area is 137 Å². The Hall–Kier alpha value is -3.16. The number of benzene rings is 1. The summed E-state index contributed by atoms with van der Waals surface area (Å²) in [4.78, 5) is 37.7. The Kier molecular flexibility index (Phi) is 3.80. The lowest BCUT2D eigenvalue weighted by Crippen LogP contribution is -2.35. The largest absolute Gasteiger partial charge is 0.360 e. The number of fused-ring (bicyclic) bond motifs is 1. The molecule has 24 heavy (non-hydrogen) atoms. The molecule has 2 aromatic rings. The fraction of sp³-hybridized carbons (Fsp3) is 0.250. The van der Waals surface area contributed by atoms with Crippen molar-refractivity contribution in [2.75, 3.05) is 10.6 Å². The normalized spacial score (nSPS) is 13.4. The Morgan fingerprint density at radius 3 is 2.46 bits per heavy atom. The minimum absolute atomic E-state index is 0.229. The first-order valence-electron chi connectivity index (χ1n) is 7.40. The highest BCUT2D eigenvalue weighted by Gasteiger charge is 2.37. The molecule has 0 unspecified atom stereocenters. The van der Waals surface area contributed by atoms with Gasteiger partial charge in [0.15, 0.2) is 5.82 Å². The Morgan fingerprint density at radius 1 is 1.12 bits per heavy atom. The summed E-state index contributed by atoms with van der Waals surface area (Å²) in [7, 11) is 0. The molecule has 1 aromatic carbocycles. The first kappa shape index (κ1) is 15.7. The minimum Gasteiger partial charge on any atom is -0.360 e. The molecule has 0 atom stereocenters. The van der Waals surface area contributed by atoms with E-state index < -0.39 is 6.03 Å². The van der Waals surface area contributed by atoms with Gasteiger partial charge in [-0.1, -0.05) is 5.16 Å². The van der Waals surface area contributed by atoms with Crippen LogP contribution in [0.3, 0.4) is 0 Å². The third kappa shape index (κ3) is 2.73. The van der Waals surface area contributed by atoms with Gasteiger partial charge in [-0.25, -0.2) is 4.79 Å². The maximum Gasteiger partial charge on any atom is 0.324 e. The van der Waals surface area contributed by atoms with Crippen molar-refractivity contribution in [3.05, 3.63) is 41.2 Å². The van der Waals surface area contributed by atoms with Crippen molar-refractivity contribution in [1.29, 1.82) is 0 Å². The Bertz CT molecular complexity index is 840. The summed E-state index contributed by atoms with van der Waals surface area (Å²) in [6.07, 6.45) is 0. The van der Waals surface area contributed by atoms with Crippen molar-refractivity contribution in [3.63, 3.8) is 0 Å². The number of hydrogen-bond donors (Lipinski definition) is 2. The molecule has 4 amide bonds. The summed E-state index contributed by atoms with van der Waals surface area (Å²) in [5, 5.41) is 8.76. The molecule has 0 saturated heterocycles. The van der Waals surface area contributed by atoms with Crippen LogP contribution in [0.5, 0.6) is 0 Å². The van der Waals surface area contributed by atoms with Crippen molar-refractivity contribution in [1.82, 2.24) is 10.1 Å². The second-order valence-electron chi connectivity index (χ2n) is 5.74. The van der Waals surface area contributed by atoms with Crippen LogP contribution in [0.1, 0.15) is 40.3 Å². The molecule has 3 rings (SSSR count). The summed E-state index contributed by atoms with van der Waals surface area (Å²) in [5.41, 5.74) is 1.02. The number of aromatic nitrogens is 1. The third-order valence-corrected chi connectivity index (χ3v) is 3.56. The predicted octanol–water partition coefficient (Wildman–Crippen LogP) is 2.63. The van der Waals surface area contributed by atoms with Gasteiger partial charge in [0.1, 0.15) is 5.76 Å². The van der Waals surface area contributed by atoms with E-state index in [9.17, 15) is 14.4 Å². The second kappa shape index (κ2) is 5.80. The van der Waals surface area contributed by atoms with E-state index in [4.69, 9.17) is 4.52 Å². The molecule has 0 bridgehead atoms. The number of carbonyl (C=O) groups excluding carboxylic acids is 3. The molecule has 1 aliphatic rings. The molecule has 8 nitrogen and oxygen atoms in total. The molecule has 0 aliphatic carbocycles. The van der Waals surface area contributed by atoms with Gasteiger partial charge in [0.05, 0.1) is 11.1 Å². The monoisotopic (exact) mass is 328 g/mol. The highest BCUT2D eigenvalue weighted by molar-refractivity contribution is 6.22. The standard InChI is InChI=1S/C16H16N4O4/c1-8(2)20-14(21)11-5-4-10(7-12(11)15(20)22)17-16(23)18-13-6-9(3)24-19-13/h4-8H,1-3H3,(H2,17,18,19,23). The highest BCUT2D eigenvalue weighted by atomic mass is 16.5. The second-order valence-corrected chi connectivity index (χ2v) is 5.74. The van der Waals surface area contributed by atoms with E-state index in [1.165, 1.54) is 17.0 Å². The van der Waals surface area contributed by atoms with E-state index in [1.54, 1.807) is 32.9 Å². The third-order valence-electron chi connectivity index (χ3n) is 3.56. The van der Waals surface area contributed by atoms with Gasteiger partial charge in [-0.05, 0) is 39.0 Å². The fourth-order valence-corrected chi connectivity index (χ4v) is 2.51. The van der Waals surface area contributed by atoms with E-state index in [2.05, 4.69) is 15.8 Å². The summed E-state index contributed by atoms with van der Waals surface area (Å²) < 4.78 is 4.86. The van der Waals surface area contributed by atoms with Crippen molar-refractivity contribution < 1.29 is 18.9 Å². The molecular weight excluding hydrogens is 312 g/mol. The van der Waals surface area contributed by atoms with Crippen LogP contribution in [0, 0.1) is 6.92 Å². The van der Waals surface area contributed by atoms with Crippen molar-refractivity contribution >= 4 is 29.4 Å². The first-order valence-corrected chi connectivity index (χ1v) is 7.40. The van der Waals surface area contributed by atoms with E-state index >= 15 is 0 Å². The lowest BCUT2D eigenvalue weighted by molar-refractivity contribution is 0.0609.